The first-order chi connectivity index (χ1) is 16.4. The molecule has 0 aliphatic rings. The maximum absolute atomic E-state index is 5.60. The van der Waals surface area contributed by atoms with Crippen LogP contribution in [0.1, 0.15) is 0 Å². The molecule has 7 aromatic rings. The highest BCUT2D eigenvalue weighted by molar-refractivity contribution is 6.23. The molecule has 0 saturated carbocycles. The number of benzene rings is 6. The molecular weight excluding hydrogens is 400 g/mol. The van der Waals surface area contributed by atoms with Crippen LogP contribution >= 0.6 is 0 Å². The van der Waals surface area contributed by atoms with Gasteiger partial charge in [-0.25, -0.2) is 0 Å². The first kappa shape index (κ1) is 18.2. The Morgan fingerprint density at radius 1 is 0.424 bits per heavy atom. The third-order valence-electron chi connectivity index (χ3n) is 6.73. The quantitative estimate of drug-likeness (QED) is 0.254. The minimum atomic E-state index is 0.916. The number of rotatable bonds is 2. The van der Waals surface area contributed by atoms with Gasteiger partial charge < -0.3 is 4.42 Å². The molecule has 0 fully saturated rings. The van der Waals surface area contributed by atoms with E-state index in [0.717, 1.165) is 11.0 Å². The largest absolute Gasteiger partial charge is 0.464 e. The van der Waals surface area contributed by atoms with Crippen LogP contribution in [0.4, 0.5) is 0 Å². The summed E-state index contributed by atoms with van der Waals surface area (Å²) < 4.78 is 5.60. The van der Waals surface area contributed by atoms with Crippen molar-refractivity contribution in [2.75, 3.05) is 0 Å². The van der Waals surface area contributed by atoms with Crippen LogP contribution in [0, 0.1) is 0 Å². The highest BCUT2D eigenvalue weighted by Crippen LogP contribution is 2.45. The van der Waals surface area contributed by atoms with Crippen molar-refractivity contribution in [2.24, 2.45) is 0 Å². The Kier molecular flexibility index (Phi) is 3.91. The molecule has 1 aromatic heterocycles. The first-order valence-corrected chi connectivity index (χ1v) is 11.3. The molecule has 1 heteroatoms. The van der Waals surface area contributed by atoms with Gasteiger partial charge in [0.25, 0.3) is 0 Å². The van der Waals surface area contributed by atoms with Crippen LogP contribution in [-0.4, -0.2) is 0 Å². The standard InChI is InChI=1S/C32H20O/c1-2-10-24-21(8-1)9-7-15-25(24)32-28-13-5-3-11-26(28)31(27-12-4-6-14-29(27)32)23-16-17-30-22(20-23)18-19-33-30/h1-20H. The van der Waals surface area contributed by atoms with Gasteiger partial charge in [-0.15, -0.1) is 0 Å². The zero-order valence-corrected chi connectivity index (χ0v) is 18.0. The smallest absolute Gasteiger partial charge is 0.133 e. The number of furan rings is 1. The third kappa shape index (κ3) is 2.73. The zero-order chi connectivity index (χ0) is 21.8. The normalized spacial score (nSPS) is 11.6. The van der Waals surface area contributed by atoms with Gasteiger partial charge in [-0.2, -0.15) is 0 Å². The lowest BCUT2D eigenvalue weighted by Crippen LogP contribution is -1.91. The van der Waals surface area contributed by atoms with Crippen molar-refractivity contribution in [3.63, 3.8) is 0 Å². The van der Waals surface area contributed by atoms with E-state index in [9.17, 15) is 0 Å². The summed E-state index contributed by atoms with van der Waals surface area (Å²) >= 11 is 0. The van der Waals surface area contributed by atoms with Crippen LogP contribution in [0.3, 0.4) is 0 Å². The van der Waals surface area contributed by atoms with Gasteiger partial charge >= 0.3 is 0 Å². The minimum absolute atomic E-state index is 0.916. The molecular formula is C32H20O. The maximum atomic E-state index is 5.60. The monoisotopic (exact) mass is 420 g/mol. The van der Waals surface area contributed by atoms with Gasteiger partial charge in [0.15, 0.2) is 0 Å². The lowest BCUT2D eigenvalue weighted by atomic mass is 9.84. The Hall–Kier alpha value is -4.36. The molecule has 7 rings (SSSR count). The van der Waals surface area contributed by atoms with Gasteiger partial charge in [0.2, 0.25) is 0 Å². The molecule has 0 bridgehead atoms. The summed E-state index contributed by atoms with van der Waals surface area (Å²) in [5.41, 5.74) is 5.97. The van der Waals surface area contributed by atoms with Crippen LogP contribution in [0.2, 0.25) is 0 Å². The average molecular weight is 421 g/mol. The van der Waals surface area contributed by atoms with Gasteiger partial charge in [0.1, 0.15) is 5.58 Å². The molecule has 0 spiro atoms. The Balaban J connectivity index is 1.67. The Bertz CT molecular complexity index is 1760. The van der Waals surface area contributed by atoms with E-state index < -0.39 is 0 Å². The molecule has 0 N–H and O–H groups in total. The van der Waals surface area contributed by atoms with Crippen molar-refractivity contribution in [1.82, 2.24) is 0 Å². The van der Waals surface area contributed by atoms with Crippen molar-refractivity contribution < 1.29 is 4.42 Å². The van der Waals surface area contributed by atoms with Crippen LogP contribution < -0.4 is 0 Å². The molecule has 154 valence electrons. The molecule has 0 aliphatic heterocycles. The topological polar surface area (TPSA) is 13.1 Å². The molecule has 0 radical (unpaired) electrons. The van der Waals surface area contributed by atoms with Gasteiger partial charge in [-0.1, -0.05) is 97.1 Å². The second-order valence-electron chi connectivity index (χ2n) is 8.54. The molecule has 0 aliphatic carbocycles. The number of fused-ring (bicyclic) bond motifs is 4. The van der Waals surface area contributed by atoms with Gasteiger partial charge in [-0.05, 0) is 72.8 Å². The summed E-state index contributed by atoms with van der Waals surface area (Å²) in [5.74, 6) is 0. The van der Waals surface area contributed by atoms with E-state index in [0.29, 0.717) is 0 Å². The second-order valence-corrected chi connectivity index (χ2v) is 8.54. The van der Waals surface area contributed by atoms with E-state index >= 15 is 0 Å². The van der Waals surface area contributed by atoms with E-state index in [1.165, 1.54) is 54.6 Å². The minimum Gasteiger partial charge on any atom is -0.464 e. The number of hydrogen-bond acceptors (Lipinski definition) is 1. The molecule has 0 atom stereocenters. The average Bonchev–Trinajstić information content (AvgIpc) is 3.35. The van der Waals surface area contributed by atoms with Crippen molar-refractivity contribution in [2.45, 2.75) is 0 Å². The lowest BCUT2D eigenvalue weighted by Gasteiger charge is -2.18. The van der Waals surface area contributed by atoms with Crippen molar-refractivity contribution in [3.8, 4) is 22.3 Å². The van der Waals surface area contributed by atoms with Gasteiger partial charge in [0, 0.05) is 5.39 Å². The van der Waals surface area contributed by atoms with Crippen LogP contribution in [0.15, 0.2) is 126 Å². The van der Waals surface area contributed by atoms with Crippen LogP contribution in [0.25, 0.3) is 65.5 Å². The van der Waals surface area contributed by atoms with E-state index in [2.05, 4.69) is 109 Å². The van der Waals surface area contributed by atoms with Crippen LogP contribution in [-0.2, 0) is 0 Å². The number of hydrogen-bond donors (Lipinski definition) is 0. The Morgan fingerprint density at radius 2 is 1.03 bits per heavy atom. The van der Waals surface area contributed by atoms with Crippen LogP contribution in [0.5, 0.6) is 0 Å². The fraction of sp³-hybridized carbons (Fsp3) is 0. The highest BCUT2D eigenvalue weighted by atomic mass is 16.3. The second kappa shape index (κ2) is 7.08. The van der Waals surface area contributed by atoms with E-state index in [4.69, 9.17) is 4.42 Å². The summed E-state index contributed by atoms with van der Waals surface area (Å²) in [6.07, 6.45) is 1.76. The lowest BCUT2D eigenvalue weighted by molar-refractivity contribution is 0.616. The zero-order valence-electron chi connectivity index (χ0n) is 18.0. The molecule has 1 nitrogen and oxygen atoms in total. The summed E-state index contributed by atoms with van der Waals surface area (Å²) in [6.45, 7) is 0. The molecule has 6 aromatic carbocycles. The maximum Gasteiger partial charge on any atom is 0.133 e. The van der Waals surface area contributed by atoms with Crippen molar-refractivity contribution in [3.05, 3.63) is 122 Å². The van der Waals surface area contributed by atoms with Crippen molar-refractivity contribution >= 4 is 43.3 Å². The van der Waals surface area contributed by atoms with Crippen molar-refractivity contribution in [1.29, 1.82) is 0 Å². The first-order valence-electron chi connectivity index (χ1n) is 11.3. The summed E-state index contributed by atoms with van der Waals surface area (Å²) in [7, 11) is 0. The molecule has 0 amide bonds. The Morgan fingerprint density at radius 3 is 1.76 bits per heavy atom. The van der Waals surface area contributed by atoms with E-state index in [1.807, 2.05) is 6.07 Å². The fourth-order valence-corrected chi connectivity index (χ4v) is 5.30. The van der Waals surface area contributed by atoms with Gasteiger partial charge in [-0.3, -0.25) is 0 Å². The summed E-state index contributed by atoms with van der Waals surface area (Å²) in [6, 6.07) is 41.4. The summed E-state index contributed by atoms with van der Waals surface area (Å²) in [5, 5.41) is 8.74. The fourth-order valence-electron chi connectivity index (χ4n) is 5.30. The predicted octanol–water partition coefficient (Wildman–Crippen LogP) is 9.23. The third-order valence-corrected chi connectivity index (χ3v) is 6.73. The van der Waals surface area contributed by atoms with Gasteiger partial charge in [0.05, 0.1) is 6.26 Å². The molecule has 0 unspecified atom stereocenters. The highest BCUT2D eigenvalue weighted by Gasteiger charge is 2.17. The summed E-state index contributed by atoms with van der Waals surface area (Å²) in [4.78, 5) is 0. The predicted molar refractivity (Wildman–Crippen MR) is 140 cm³/mol. The molecule has 0 saturated heterocycles. The molecule has 1 heterocycles. The van der Waals surface area contributed by atoms with E-state index in [1.54, 1.807) is 6.26 Å². The SMILES string of the molecule is c1ccc2c(-c3c4ccccc4c(-c4ccc5occc5c4)c4ccccc34)cccc2c1. The van der Waals surface area contributed by atoms with E-state index in [-0.39, 0.29) is 0 Å². The molecule has 33 heavy (non-hydrogen) atoms. The Labute approximate surface area is 191 Å².